The lowest BCUT2D eigenvalue weighted by molar-refractivity contribution is 0.352. The van der Waals surface area contributed by atoms with Crippen molar-refractivity contribution in [3.63, 3.8) is 0 Å². The van der Waals surface area contributed by atoms with Crippen molar-refractivity contribution in [1.29, 1.82) is 0 Å². The fourth-order valence-corrected chi connectivity index (χ4v) is 3.54. The van der Waals surface area contributed by atoms with E-state index in [0.29, 0.717) is 26.2 Å². The minimum Gasteiger partial charge on any atom is -0.497 e. The zero-order valence-corrected chi connectivity index (χ0v) is 12.6. The predicted octanol–water partition coefficient (Wildman–Crippen LogP) is 0.496. The molecule has 1 aliphatic heterocycles. The normalized spacial score (nSPS) is 18.7. The molecule has 0 bridgehead atoms. The Morgan fingerprint density at radius 2 is 1.85 bits per heavy atom. The molecule has 1 atom stereocenters. The maximum Gasteiger partial charge on any atom is 0.280 e. The molecule has 0 aliphatic carbocycles. The summed E-state index contributed by atoms with van der Waals surface area (Å²) in [5.41, 5.74) is 0.907. The van der Waals surface area contributed by atoms with E-state index in [1.165, 1.54) is 4.31 Å². The Morgan fingerprint density at radius 1 is 1.25 bits per heavy atom. The zero-order valence-electron chi connectivity index (χ0n) is 11.8. The van der Waals surface area contributed by atoms with E-state index in [0.717, 1.165) is 11.3 Å². The molecular weight excluding hydrogens is 278 g/mol. The number of hydrogen-bond acceptors (Lipinski definition) is 4. The fourth-order valence-electron chi connectivity index (χ4n) is 2.14. The second-order valence-corrected chi connectivity index (χ2v) is 6.47. The van der Waals surface area contributed by atoms with Gasteiger partial charge in [-0.15, -0.1) is 0 Å². The molecule has 6 nitrogen and oxygen atoms in total. The van der Waals surface area contributed by atoms with Crippen LogP contribution in [-0.4, -0.2) is 46.0 Å². The Morgan fingerprint density at radius 3 is 2.40 bits per heavy atom. The van der Waals surface area contributed by atoms with Crippen molar-refractivity contribution < 1.29 is 13.2 Å². The summed E-state index contributed by atoms with van der Waals surface area (Å²) in [6.45, 7) is 4.23. The summed E-state index contributed by atoms with van der Waals surface area (Å²) in [5, 5.41) is 3.14. The number of benzene rings is 1. The lowest BCUT2D eigenvalue weighted by atomic mass is 10.1. The van der Waals surface area contributed by atoms with Crippen LogP contribution in [0.1, 0.15) is 18.5 Å². The summed E-state index contributed by atoms with van der Waals surface area (Å²) in [6.07, 6.45) is 0. The van der Waals surface area contributed by atoms with E-state index < -0.39 is 10.2 Å². The molecule has 7 heteroatoms. The summed E-state index contributed by atoms with van der Waals surface area (Å²) in [4.78, 5) is 0. The Bertz CT molecular complexity index is 524. The van der Waals surface area contributed by atoms with E-state index in [9.17, 15) is 8.42 Å². The molecule has 2 N–H and O–H groups in total. The average Bonchev–Trinajstić information content (AvgIpc) is 2.48. The van der Waals surface area contributed by atoms with Gasteiger partial charge in [0.05, 0.1) is 7.11 Å². The first kappa shape index (κ1) is 15.2. The molecule has 1 aliphatic rings. The molecule has 112 valence electrons. The molecule has 1 heterocycles. The highest BCUT2D eigenvalue weighted by molar-refractivity contribution is 7.87. The van der Waals surface area contributed by atoms with Gasteiger partial charge in [-0.05, 0) is 24.6 Å². The molecule has 0 radical (unpaired) electrons. The Kier molecular flexibility index (Phi) is 4.98. The van der Waals surface area contributed by atoms with E-state index in [-0.39, 0.29) is 6.04 Å². The van der Waals surface area contributed by atoms with E-state index >= 15 is 0 Å². The van der Waals surface area contributed by atoms with Gasteiger partial charge in [-0.3, -0.25) is 0 Å². The van der Waals surface area contributed by atoms with Gasteiger partial charge in [-0.2, -0.15) is 17.4 Å². The quantitative estimate of drug-likeness (QED) is 0.830. The van der Waals surface area contributed by atoms with Crippen molar-refractivity contribution in [3.8, 4) is 5.75 Å². The summed E-state index contributed by atoms with van der Waals surface area (Å²) in [6, 6.07) is 7.10. The van der Waals surface area contributed by atoms with Crippen LogP contribution in [0.2, 0.25) is 0 Å². The highest BCUT2D eigenvalue weighted by atomic mass is 32.2. The van der Waals surface area contributed by atoms with Gasteiger partial charge >= 0.3 is 0 Å². The van der Waals surface area contributed by atoms with Crippen molar-refractivity contribution in [2.24, 2.45) is 0 Å². The fraction of sp³-hybridized carbons (Fsp3) is 0.538. The van der Waals surface area contributed by atoms with Crippen molar-refractivity contribution in [2.75, 3.05) is 33.3 Å². The van der Waals surface area contributed by atoms with Gasteiger partial charge in [0.1, 0.15) is 5.75 Å². The molecule has 0 saturated carbocycles. The van der Waals surface area contributed by atoms with Crippen molar-refractivity contribution in [2.45, 2.75) is 13.0 Å². The van der Waals surface area contributed by atoms with Crippen molar-refractivity contribution in [3.05, 3.63) is 29.8 Å². The maximum absolute atomic E-state index is 12.3. The van der Waals surface area contributed by atoms with Gasteiger partial charge in [0.25, 0.3) is 10.2 Å². The van der Waals surface area contributed by atoms with Crippen LogP contribution in [0.15, 0.2) is 24.3 Å². The van der Waals surface area contributed by atoms with Crippen LogP contribution in [0.4, 0.5) is 0 Å². The van der Waals surface area contributed by atoms with Gasteiger partial charge < -0.3 is 10.1 Å². The van der Waals surface area contributed by atoms with Crippen molar-refractivity contribution >= 4 is 10.2 Å². The lowest BCUT2D eigenvalue weighted by Gasteiger charge is -2.28. The van der Waals surface area contributed by atoms with E-state index in [1.807, 2.05) is 31.2 Å². The molecule has 1 unspecified atom stereocenters. The Balaban J connectivity index is 2.03. The number of nitrogens with zero attached hydrogens (tertiary/aromatic N) is 1. The van der Waals surface area contributed by atoms with Crippen LogP contribution in [-0.2, 0) is 10.2 Å². The van der Waals surface area contributed by atoms with Gasteiger partial charge in [0.15, 0.2) is 0 Å². The third-order valence-electron chi connectivity index (χ3n) is 3.36. The molecule has 20 heavy (non-hydrogen) atoms. The molecule has 0 aromatic heterocycles. The standard InChI is InChI=1S/C13H21N3O3S/c1-11(12-3-5-13(19-2)6-4-12)15-20(17,18)16-9-7-14-8-10-16/h3-6,11,14-15H,7-10H2,1-2H3. The lowest BCUT2D eigenvalue weighted by Crippen LogP contribution is -2.50. The number of piperazine rings is 1. The zero-order chi connectivity index (χ0) is 14.6. The van der Waals surface area contributed by atoms with Gasteiger partial charge in [-0.25, -0.2) is 0 Å². The summed E-state index contributed by atoms with van der Waals surface area (Å²) in [7, 11) is -1.83. The second kappa shape index (κ2) is 6.53. The molecule has 1 aromatic rings. The molecule has 1 fully saturated rings. The largest absolute Gasteiger partial charge is 0.497 e. The topological polar surface area (TPSA) is 70.7 Å². The van der Waals surface area contributed by atoms with E-state index in [1.54, 1.807) is 7.11 Å². The van der Waals surface area contributed by atoms with Crippen molar-refractivity contribution in [1.82, 2.24) is 14.3 Å². The summed E-state index contributed by atoms with van der Waals surface area (Å²) < 4.78 is 33.8. The molecule has 2 rings (SSSR count). The highest BCUT2D eigenvalue weighted by Crippen LogP contribution is 2.18. The maximum atomic E-state index is 12.3. The SMILES string of the molecule is COc1ccc(C(C)NS(=O)(=O)N2CCNCC2)cc1. The first-order valence-electron chi connectivity index (χ1n) is 6.65. The minimum absolute atomic E-state index is 0.277. The van der Waals surface area contributed by atoms with Gasteiger partial charge in [-0.1, -0.05) is 12.1 Å². The van der Waals surface area contributed by atoms with E-state index in [2.05, 4.69) is 10.0 Å². The number of nitrogens with one attached hydrogen (secondary N) is 2. The smallest absolute Gasteiger partial charge is 0.280 e. The molecule has 1 saturated heterocycles. The Hall–Kier alpha value is -1.15. The predicted molar refractivity (Wildman–Crippen MR) is 77.9 cm³/mol. The molecule has 1 aromatic carbocycles. The average molecular weight is 299 g/mol. The third kappa shape index (κ3) is 3.69. The summed E-state index contributed by atoms with van der Waals surface area (Å²) >= 11 is 0. The number of hydrogen-bond donors (Lipinski definition) is 2. The first-order chi connectivity index (χ1) is 9.53. The van der Waals surface area contributed by atoms with Crippen LogP contribution in [0.5, 0.6) is 5.75 Å². The van der Waals surface area contributed by atoms with Crippen LogP contribution >= 0.6 is 0 Å². The number of rotatable bonds is 5. The minimum atomic E-state index is -3.43. The summed E-state index contributed by atoms with van der Waals surface area (Å²) in [5.74, 6) is 0.755. The second-order valence-electron chi connectivity index (χ2n) is 4.77. The van der Waals surface area contributed by atoms with Crippen LogP contribution < -0.4 is 14.8 Å². The van der Waals surface area contributed by atoms with Crippen LogP contribution in [0.25, 0.3) is 0 Å². The van der Waals surface area contributed by atoms with Crippen LogP contribution in [0.3, 0.4) is 0 Å². The first-order valence-corrected chi connectivity index (χ1v) is 8.09. The monoisotopic (exact) mass is 299 g/mol. The van der Waals surface area contributed by atoms with E-state index in [4.69, 9.17) is 4.74 Å². The van der Waals surface area contributed by atoms with Gasteiger partial charge in [0.2, 0.25) is 0 Å². The highest BCUT2D eigenvalue weighted by Gasteiger charge is 2.25. The molecular formula is C13H21N3O3S. The Labute approximate surface area is 120 Å². The number of ether oxygens (including phenoxy) is 1. The third-order valence-corrected chi connectivity index (χ3v) is 5.05. The van der Waals surface area contributed by atoms with Crippen LogP contribution in [0, 0.1) is 0 Å². The molecule has 0 spiro atoms. The number of methoxy groups -OCH3 is 1. The van der Waals surface area contributed by atoms with Gasteiger partial charge in [0, 0.05) is 32.2 Å². The molecule has 0 amide bonds.